The van der Waals surface area contributed by atoms with E-state index in [2.05, 4.69) is 15.5 Å². The van der Waals surface area contributed by atoms with E-state index in [1.807, 2.05) is 18.2 Å². The zero-order valence-electron chi connectivity index (χ0n) is 9.69. The summed E-state index contributed by atoms with van der Waals surface area (Å²) in [4.78, 5) is 0. The molecule has 5 nitrogen and oxygen atoms in total. The molecule has 1 aromatic carbocycles. The number of anilines is 1. The van der Waals surface area contributed by atoms with Gasteiger partial charge in [0.1, 0.15) is 0 Å². The number of aromatic nitrogens is 2. The molecule has 0 amide bonds. The largest absolute Gasteiger partial charge is 0.454 e. The van der Waals surface area contributed by atoms with Gasteiger partial charge in [0.25, 0.3) is 0 Å². The average Bonchev–Trinajstić information content (AvgIpc) is 2.87. The second-order valence-electron chi connectivity index (χ2n) is 3.91. The first-order valence-electron chi connectivity index (χ1n) is 5.53. The molecule has 2 aromatic rings. The highest BCUT2D eigenvalue weighted by molar-refractivity contribution is 6.33. The molecule has 0 saturated carbocycles. The van der Waals surface area contributed by atoms with Crippen molar-refractivity contribution < 1.29 is 9.47 Å². The Morgan fingerprint density at radius 3 is 2.84 bits per heavy atom. The molecule has 1 aromatic heterocycles. The highest BCUT2D eigenvalue weighted by atomic mass is 35.5. The van der Waals surface area contributed by atoms with Crippen LogP contribution in [0.2, 0.25) is 10.3 Å². The van der Waals surface area contributed by atoms with Crippen molar-refractivity contribution in [3.63, 3.8) is 0 Å². The molecule has 0 radical (unpaired) electrons. The lowest BCUT2D eigenvalue weighted by molar-refractivity contribution is 0.174. The van der Waals surface area contributed by atoms with E-state index >= 15 is 0 Å². The van der Waals surface area contributed by atoms with Gasteiger partial charge < -0.3 is 14.8 Å². The van der Waals surface area contributed by atoms with E-state index in [1.54, 1.807) is 6.07 Å². The van der Waals surface area contributed by atoms with Crippen LogP contribution >= 0.6 is 23.2 Å². The Morgan fingerprint density at radius 1 is 1.11 bits per heavy atom. The molecule has 7 heteroatoms. The van der Waals surface area contributed by atoms with Gasteiger partial charge in [-0.1, -0.05) is 29.3 Å². The molecule has 0 atom stereocenters. The van der Waals surface area contributed by atoms with E-state index < -0.39 is 0 Å². The molecule has 0 saturated heterocycles. The van der Waals surface area contributed by atoms with Crippen LogP contribution in [0.3, 0.4) is 0 Å². The minimum atomic E-state index is 0.266. The van der Waals surface area contributed by atoms with E-state index in [4.69, 9.17) is 32.7 Å². The van der Waals surface area contributed by atoms with Crippen LogP contribution in [0.5, 0.6) is 11.5 Å². The van der Waals surface area contributed by atoms with Crippen molar-refractivity contribution in [3.8, 4) is 11.5 Å². The van der Waals surface area contributed by atoms with Gasteiger partial charge in [-0.3, -0.25) is 0 Å². The predicted octanol–water partition coefficient (Wildman–Crippen LogP) is 3.12. The molecular weight excluding hydrogens is 289 g/mol. The molecule has 98 valence electrons. The van der Waals surface area contributed by atoms with Crippen LogP contribution in [0.4, 0.5) is 5.69 Å². The molecule has 0 bridgehead atoms. The summed E-state index contributed by atoms with van der Waals surface area (Å²) in [6.45, 7) is 0.834. The minimum absolute atomic E-state index is 0.266. The Bertz CT molecular complexity index is 622. The van der Waals surface area contributed by atoms with Gasteiger partial charge in [-0.15, -0.1) is 10.2 Å². The maximum Gasteiger partial charge on any atom is 0.231 e. The molecular formula is C12H9Cl2N3O2. The van der Waals surface area contributed by atoms with Crippen molar-refractivity contribution in [1.82, 2.24) is 10.2 Å². The number of halogens is 2. The lowest BCUT2D eigenvalue weighted by Gasteiger charge is -2.08. The topological polar surface area (TPSA) is 56.3 Å². The number of fused-ring (bicyclic) bond motifs is 1. The third-order valence-electron chi connectivity index (χ3n) is 2.64. The number of nitrogens with one attached hydrogen (secondary N) is 1. The maximum absolute atomic E-state index is 5.92. The second-order valence-corrected chi connectivity index (χ2v) is 4.66. The lowest BCUT2D eigenvalue weighted by atomic mass is 10.2. The fourth-order valence-electron chi connectivity index (χ4n) is 1.73. The molecule has 3 rings (SSSR count). The third kappa shape index (κ3) is 2.67. The van der Waals surface area contributed by atoms with Crippen molar-refractivity contribution in [1.29, 1.82) is 0 Å². The second kappa shape index (κ2) is 5.11. The summed E-state index contributed by atoms with van der Waals surface area (Å²) in [7, 11) is 0. The van der Waals surface area contributed by atoms with Crippen molar-refractivity contribution in [2.75, 3.05) is 12.1 Å². The third-order valence-corrected chi connectivity index (χ3v) is 3.10. The zero-order valence-corrected chi connectivity index (χ0v) is 11.2. The van der Waals surface area contributed by atoms with Crippen LogP contribution in [-0.4, -0.2) is 17.0 Å². The lowest BCUT2D eigenvalue weighted by Crippen LogP contribution is -2.01. The van der Waals surface area contributed by atoms with E-state index in [0.29, 0.717) is 12.2 Å². The highest BCUT2D eigenvalue weighted by Gasteiger charge is 2.13. The summed E-state index contributed by atoms with van der Waals surface area (Å²) >= 11 is 11.7. The van der Waals surface area contributed by atoms with Gasteiger partial charge in [0.15, 0.2) is 21.8 Å². The van der Waals surface area contributed by atoms with Gasteiger partial charge in [-0.05, 0) is 17.7 Å². The number of hydrogen-bond donors (Lipinski definition) is 1. The van der Waals surface area contributed by atoms with Crippen LogP contribution < -0.4 is 14.8 Å². The minimum Gasteiger partial charge on any atom is -0.454 e. The van der Waals surface area contributed by atoms with E-state index in [1.165, 1.54) is 0 Å². The summed E-state index contributed by atoms with van der Waals surface area (Å²) in [5.74, 6) is 1.51. The molecule has 0 fully saturated rings. The first-order chi connectivity index (χ1) is 9.22. The Kier molecular flexibility index (Phi) is 3.31. The normalized spacial score (nSPS) is 12.5. The number of benzene rings is 1. The molecule has 19 heavy (non-hydrogen) atoms. The molecule has 0 spiro atoms. The number of hydrogen-bond acceptors (Lipinski definition) is 5. The van der Waals surface area contributed by atoms with Crippen molar-refractivity contribution in [2.45, 2.75) is 6.54 Å². The summed E-state index contributed by atoms with van der Waals surface area (Å²) in [5, 5.41) is 11.1. The number of nitrogens with zero attached hydrogens (tertiary/aromatic N) is 2. The predicted molar refractivity (Wildman–Crippen MR) is 71.9 cm³/mol. The van der Waals surface area contributed by atoms with Crippen molar-refractivity contribution in [3.05, 3.63) is 40.1 Å². The van der Waals surface area contributed by atoms with E-state index in [-0.39, 0.29) is 17.1 Å². The summed E-state index contributed by atoms with van der Waals surface area (Å²) in [6, 6.07) is 7.37. The van der Waals surface area contributed by atoms with Crippen molar-refractivity contribution in [2.24, 2.45) is 0 Å². The van der Waals surface area contributed by atoms with Crippen LogP contribution in [0.25, 0.3) is 0 Å². The SMILES string of the molecule is Clc1cc(NCc2ccc3c(c2)OCO3)c(Cl)nn1. The van der Waals surface area contributed by atoms with Gasteiger partial charge in [0, 0.05) is 12.6 Å². The van der Waals surface area contributed by atoms with Gasteiger partial charge in [0.2, 0.25) is 6.79 Å². The van der Waals surface area contributed by atoms with Gasteiger partial charge in [-0.2, -0.15) is 0 Å². The molecule has 1 aliphatic heterocycles. The molecule has 1 N–H and O–H groups in total. The quantitative estimate of drug-likeness (QED) is 0.943. The van der Waals surface area contributed by atoms with Crippen LogP contribution in [0.15, 0.2) is 24.3 Å². The maximum atomic E-state index is 5.92. The first-order valence-corrected chi connectivity index (χ1v) is 6.29. The highest BCUT2D eigenvalue weighted by Crippen LogP contribution is 2.32. The molecule has 2 heterocycles. The monoisotopic (exact) mass is 297 g/mol. The van der Waals surface area contributed by atoms with Gasteiger partial charge in [0.05, 0.1) is 5.69 Å². The smallest absolute Gasteiger partial charge is 0.231 e. The summed E-state index contributed by atoms with van der Waals surface area (Å²) in [5.41, 5.74) is 1.67. The fourth-order valence-corrected chi connectivity index (χ4v) is 2.03. The first kappa shape index (κ1) is 12.3. The molecule has 0 unspecified atom stereocenters. The van der Waals surface area contributed by atoms with Crippen LogP contribution in [0.1, 0.15) is 5.56 Å². The molecule has 1 aliphatic rings. The Morgan fingerprint density at radius 2 is 1.95 bits per heavy atom. The van der Waals surface area contributed by atoms with Crippen LogP contribution in [0, 0.1) is 0 Å². The van der Waals surface area contributed by atoms with Crippen LogP contribution in [-0.2, 0) is 6.54 Å². The Labute approximate surface area is 119 Å². The van der Waals surface area contributed by atoms with E-state index in [0.717, 1.165) is 17.1 Å². The van der Waals surface area contributed by atoms with Crippen molar-refractivity contribution >= 4 is 28.9 Å². The fraction of sp³-hybridized carbons (Fsp3) is 0.167. The standard InChI is InChI=1S/C12H9Cl2N3O2/c13-11-4-8(12(14)17-16-11)15-5-7-1-2-9-10(3-7)19-6-18-9/h1-4H,5-6H2,(H,15,16). The van der Waals surface area contributed by atoms with Gasteiger partial charge >= 0.3 is 0 Å². The Hall–Kier alpha value is -1.72. The molecule has 0 aliphatic carbocycles. The summed E-state index contributed by atoms with van der Waals surface area (Å²) in [6.07, 6.45) is 0. The Balaban J connectivity index is 1.74. The number of rotatable bonds is 3. The van der Waals surface area contributed by atoms with Gasteiger partial charge in [-0.25, -0.2) is 0 Å². The number of ether oxygens (including phenoxy) is 2. The average molecular weight is 298 g/mol. The summed E-state index contributed by atoms with van der Waals surface area (Å²) < 4.78 is 10.6. The van der Waals surface area contributed by atoms with E-state index in [9.17, 15) is 0 Å². The zero-order chi connectivity index (χ0) is 13.2.